The Bertz CT molecular complexity index is 841. The SMILES string of the molecule is C=Cc1cc(C)c(C2=C(OC(=O)OCC)C3(CCN(OC)CC3)OC2=O)c(C)c1. The fourth-order valence-electron chi connectivity index (χ4n) is 4.05. The molecular weight excluding hydrogens is 374 g/mol. The Morgan fingerprint density at radius 1 is 1.28 bits per heavy atom. The Morgan fingerprint density at radius 2 is 1.90 bits per heavy atom. The summed E-state index contributed by atoms with van der Waals surface area (Å²) in [6, 6.07) is 3.88. The van der Waals surface area contributed by atoms with Crippen molar-refractivity contribution in [2.24, 2.45) is 0 Å². The summed E-state index contributed by atoms with van der Waals surface area (Å²) in [5, 5.41) is 1.79. The van der Waals surface area contributed by atoms with Gasteiger partial charge >= 0.3 is 12.1 Å². The number of esters is 1. The highest BCUT2D eigenvalue weighted by atomic mass is 16.7. The number of ether oxygens (including phenoxy) is 3. The third-order valence-corrected chi connectivity index (χ3v) is 5.41. The van der Waals surface area contributed by atoms with E-state index >= 15 is 0 Å². The van der Waals surface area contributed by atoms with E-state index in [0.717, 1.165) is 16.7 Å². The monoisotopic (exact) mass is 401 g/mol. The van der Waals surface area contributed by atoms with Gasteiger partial charge in [0.25, 0.3) is 0 Å². The molecule has 1 aromatic carbocycles. The molecule has 29 heavy (non-hydrogen) atoms. The summed E-state index contributed by atoms with van der Waals surface area (Å²) in [7, 11) is 1.60. The maximum Gasteiger partial charge on any atom is 0.513 e. The van der Waals surface area contributed by atoms with Gasteiger partial charge in [0.15, 0.2) is 11.4 Å². The normalized spacial score (nSPS) is 18.7. The molecule has 1 aromatic rings. The van der Waals surface area contributed by atoms with Gasteiger partial charge in [-0.25, -0.2) is 9.59 Å². The van der Waals surface area contributed by atoms with E-state index in [4.69, 9.17) is 19.0 Å². The molecule has 0 radical (unpaired) electrons. The molecule has 1 saturated heterocycles. The highest BCUT2D eigenvalue weighted by Gasteiger charge is 2.53. The van der Waals surface area contributed by atoms with Gasteiger partial charge in [-0.1, -0.05) is 24.8 Å². The average molecular weight is 401 g/mol. The molecule has 7 heteroatoms. The van der Waals surface area contributed by atoms with Crippen LogP contribution in [0, 0.1) is 13.8 Å². The summed E-state index contributed by atoms with van der Waals surface area (Å²) >= 11 is 0. The van der Waals surface area contributed by atoms with Crippen LogP contribution in [0.25, 0.3) is 11.6 Å². The zero-order valence-electron chi connectivity index (χ0n) is 17.4. The van der Waals surface area contributed by atoms with E-state index in [9.17, 15) is 9.59 Å². The van der Waals surface area contributed by atoms with Crippen LogP contribution in [0.3, 0.4) is 0 Å². The second kappa shape index (κ2) is 8.39. The Kier molecular flexibility index (Phi) is 6.10. The number of hydrogen-bond donors (Lipinski definition) is 0. The summed E-state index contributed by atoms with van der Waals surface area (Å²) in [5.74, 6) is -0.262. The molecule has 1 fully saturated rings. The van der Waals surface area contributed by atoms with Crippen molar-refractivity contribution < 1.29 is 28.6 Å². The molecule has 156 valence electrons. The number of hydrogen-bond acceptors (Lipinski definition) is 7. The molecule has 0 unspecified atom stereocenters. The molecule has 3 rings (SSSR count). The van der Waals surface area contributed by atoms with Gasteiger partial charge in [-0.15, -0.1) is 0 Å². The molecule has 0 amide bonds. The van der Waals surface area contributed by atoms with Crippen molar-refractivity contribution in [2.75, 3.05) is 26.8 Å². The summed E-state index contributed by atoms with van der Waals surface area (Å²) < 4.78 is 16.5. The number of nitrogens with zero attached hydrogens (tertiary/aromatic N) is 1. The summed E-state index contributed by atoms with van der Waals surface area (Å²) in [6.45, 7) is 10.6. The van der Waals surface area contributed by atoms with Gasteiger partial charge in [0.05, 0.1) is 13.7 Å². The molecule has 2 aliphatic heterocycles. The minimum Gasteiger partial charge on any atom is -0.447 e. The first kappa shape index (κ1) is 21.1. The van der Waals surface area contributed by atoms with E-state index in [-0.39, 0.29) is 17.9 Å². The Labute approximate surface area is 170 Å². The molecule has 0 aromatic heterocycles. The Balaban J connectivity index is 2.13. The topological polar surface area (TPSA) is 74.3 Å². The number of benzene rings is 1. The standard InChI is InChI=1S/C22H27NO6/c1-6-16-12-14(3)17(15(4)13-16)18-19(28-21(25)27-7-2)22(29-20(18)24)8-10-23(26-5)11-9-22/h6,12-13H,1,7-11H2,2-5H3. The number of rotatable bonds is 5. The number of carbonyl (C=O) groups excluding carboxylic acids is 2. The molecule has 0 aliphatic carbocycles. The van der Waals surface area contributed by atoms with Crippen LogP contribution < -0.4 is 0 Å². The third-order valence-electron chi connectivity index (χ3n) is 5.41. The van der Waals surface area contributed by atoms with Gasteiger partial charge in [-0.3, -0.25) is 0 Å². The van der Waals surface area contributed by atoms with Crippen LogP contribution >= 0.6 is 0 Å². The van der Waals surface area contributed by atoms with E-state index in [2.05, 4.69) is 6.58 Å². The van der Waals surface area contributed by atoms with Gasteiger partial charge in [0, 0.05) is 25.9 Å². The van der Waals surface area contributed by atoms with Gasteiger partial charge < -0.3 is 19.0 Å². The van der Waals surface area contributed by atoms with Crippen LogP contribution in [0.2, 0.25) is 0 Å². The van der Waals surface area contributed by atoms with Crippen molar-refractivity contribution in [2.45, 2.75) is 39.2 Å². The highest BCUT2D eigenvalue weighted by molar-refractivity contribution is 6.20. The maximum atomic E-state index is 13.0. The predicted molar refractivity (Wildman–Crippen MR) is 108 cm³/mol. The van der Waals surface area contributed by atoms with Crippen LogP contribution in [-0.4, -0.2) is 49.6 Å². The predicted octanol–water partition coefficient (Wildman–Crippen LogP) is 3.78. The van der Waals surface area contributed by atoms with Crippen molar-refractivity contribution >= 4 is 23.8 Å². The number of hydroxylamine groups is 2. The summed E-state index contributed by atoms with van der Waals surface area (Å²) in [6.07, 6.45) is 1.81. The van der Waals surface area contributed by atoms with Crippen molar-refractivity contribution in [1.82, 2.24) is 5.06 Å². The van der Waals surface area contributed by atoms with Crippen molar-refractivity contribution in [1.29, 1.82) is 0 Å². The average Bonchev–Trinajstić information content (AvgIpc) is 2.93. The van der Waals surface area contributed by atoms with Crippen LogP contribution in [0.1, 0.15) is 42.0 Å². The van der Waals surface area contributed by atoms with Crippen molar-refractivity contribution in [3.63, 3.8) is 0 Å². The zero-order valence-corrected chi connectivity index (χ0v) is 17.4. The van der Waals surface area contributed by atoms with Gasteiger partial charge in [-0.2, -0.15) is 5.06 Å². The van der Waals surface area contributed by atoms with E-state index in [1.54, 1.807) is 25.2 Å². The number of aryl methyl sites for hydroxylation is 2. The Hall–Kier alpha value is -2.64. The first-order valence-electron chi connectivity index (χ1n) is 9.71. The van der Waals surface area contributed by atoms with Crippen LogP contribution in [0.4, 0.5) is 4.79 Å². The lowest BCUT2D eigenvalue weighted by Gasteiger charge is -2.37. The second-order valence-corrected chi connectivity index (χ2v) is 7.22. The van der Waals surface area contributed by atoms with Crippen molar-refractivity contribution in [3.05, 3.63) is 46.7 Å². The van der Waals surface area contributed by atoms with Crippen molar-refractivity contribution in [3.8, 4) is 0 Å². The molecular formula is C22H27NO6. The number of piperidine rings is 1. The fraction of sp³-hybridized carbons (Fsp3) is 0.455. The molecule has 7 nitrogen and oxygen atoms in total. The van der Waals surface area contributed by atoms with E-state index in [0.29, 0.717) is 31.5 Å². The van der Waals surface area contributed by atoms with Gasteiger partial charge in [-0.05, 0) is 43.0 Å². The first-order chi connectivity index (χ1) is 13.8. The van der Waals surface area contributed by atoms with Crippen LogP contribution in [-0.2, 0) is 23.8 Å². The maximum absolute atomic E-state index is 13.0. The molecule has 0 N–H and O–H groups in total. The second-order valence-electron chi connectivity index (χ2n) is 7.22. The highest BCUT2D eigenvalue weighted by Crippen LogP contribution is 2.46. The lowest BCUT2D eigenvalue weighted by molar-refractivity contribution is -0.183. The smallest absolute Gasteiger partial charge is 0.447 e. The quantitative estimate of drug-likeness (QED) is 0.695. The number of carbonyl (C=O) groups is 2. The molecule has 0 bridgehead atoms. The minimum atomic E-state index is -1.01. The lowest BCUT2D eigenvalue weighted by atomic mass is 9.86. The van der Waals surface area contributed by atoms with E-state index in [1.807, 2.05) is 26.0 Å². The van der Waals surface area contributed by atoms with Gasteiger partial charge in [0.2, 0.25) is 0 Å². The summed E-state index contributed by atoms with van der Waals surface area (Å²) in [5.41, 5.74) is 2.70. The Morgan fingerprint density at radius 3 is 2.41 bits per heavy atom. The molecule has 0 atom stereocenters. The lowest BCUT2D eigenvalue weighted by Crippen LogP contribution is -2.46. The summed E-state index contributed by atoms with van der Waals surface area (Å²) in [4.78, 5) is 30.5. The molecule has 2 aliphatic rings. The first-order valence-corrected chi connectivity index (χ1v) is 9.71. The molecule has 0 saturated carbocycles. The minimum absolute atomic E-state index is 0.173. The van der Waals surface area contributed by atoms with Crippen LogP contribution in [0.5, 0.6) is 0 Å². The largest absolute Gasteiger partial charge is 0.513 e. The van der Waals surface area contributed by atoms with Crippen LogP contribution in [0.15, 0.2) is 24.5 Å². The molecule has 2 heterocycles. The zero-order chi connectivity index (χ0) is 21.2. The van der Waals surface area contributed by atoms with E-state index in [1.165, 1.54) is 0 Å². The van der Waals surface area contributed by atoms with Gasteiger partial charge in [0.1, 0.15) is 5.57 Å². The fourth-order valence-corrected chi connectivity index (χ4v) is 4.05. The molecule has 1 spiro atoms. The van der Waals surface area contributed by atoms with E-state index < -0.39 is 17.7 Å². The third kappa shape index (κ3) is 3.93.